The zero-order valence-electron chi connectivity index (χ0n) is 19.1. The van der Waals surface area contributed by atoms with Gasteiger partial charge < -0.3 is 4.74 Å². The Hall–Kier alpha value is -2.98. The molecule has 0 radical (unpaired) electrons. The molecule has 1 fully saturated rings. The van der Waals surface area contributed by atoms with Crippen LogP contribution in [0, 0.1) is 10.5 Å². The number of barbiturate groups is 1. The van der Waals surface area contributed by atoms with Crippen LogP contribution >= 0.6 is 38.5 Å². The van der Waals surface area contributed by atoms with E-state index in [2.05, 4.69) is 43.8 Å². The summed E-state index contributed by atoms with van der Waals surface area (Å²) in [7, 11) is 0. The van der Waals surface area contributed by atoms with Crippen molar-refractivity contribution in [2.45, 2.75) is 20.3 Å². The first-order chi connectivity index (χ1) is 16.8. The molecule has 4 rings (SSSR count). The highest BCUT2D eigenvalue weighted by molar-refractivity contribution is 14.1. The van der Waals surface area contributed by atoms with Gasteiger partial charge in [0.1, 0.15) is 11.3 Å². The highest BCUT2D eigenvalue weighted by Gasteiger charge is 2.36. The van der Waals surface area contributed by atoms with E-state index >= 15 is 0 Å². The first-order valence-corrected chi connectivity index (χ1v) is 12.8. The van der Waals surface area contributed by atoms with E-state index < -0.39 is 17.8 Å². The highest BCUT2D eigenvalue weighted by atomic mass is 127. The molecule has 4 amide bonds. The van der Waals surface area contributed by atoms with Crippen LogP contribution in [-0.2, 0) is 16.0 Å². The number of urea groups is 1. The third-order valence-corrected chi connectivity index (χ3v) is 7.21. The second-order valence-corrected chi connectivity index (χ2v) is 9.99. The smallest absolute Gasteiger partial charge is 0.335 e. The standard InChI is InChI=1S/C27H22BrIN2O4/c1-3-35-24-14-17(13-23(29)20(24)15-18-8-4-5-10-22(18)28)12-21-25(32)30-27(34)31(26(21)33)19-9-6-7-16(2)11-19/h4-14H,3,15H2,1-2H3,(H,30,32,34)/b21-12+. The van der Waals surface area contributed by atoms with Crippen LogP contribution in [-0.4, -0.2) is 24.5 Å². The maximum atomic E-state index is 13.2. The number of carbonyl (C=O) groups excluding carboxylic acids is 3. The lowest BCUT2D eigenvalue weighted by Gasteiger charge is -2.26. The van der Waals surface area contributed by atoms with Crippen molar-refractivity contribution in [1.29, 1.82) is 0 Å². The number of rotatable bonds is 6. The van der Waals surface area contributed by atoms with E-state index in [0.29, 0.717) is 30.0 Å². The molecule has 0 aliphatic carbocycles. The minimum Gasteiger partial charge on any atom is -0.494 e. The summed E-state index contributed by atoms with van der Waals surface area (Å²) in [6.45, 7) is 4.24. The average Bonchev–Trinajstić information content (AvgIpc) is 2.80. The summed E-state index contributed by atoms with van der Waals surface area (Å²) in [5.74, 6) is -0.721. The predicted molar refractivity (Wildman–Crippen MR) is 147 cm³/mol. The van der Waals surface area contributed by atoms with Gasteiger partial charge in [0.2, 0.25) is 0 Å². The monoisotopic (exact) mass is 644 g/mol. The molecule has 0 saturated carbocycles. The number of carbonyl (C=O) groups is 3. The van der Waals surface area contributed by atoms with Gasteiger partial charge in [-0.25, -0.2) is 9.69 Å². The number of aryl methyl sites for hydroxylation is 1. The van der Waals surface area contributed by atoms with Crippen LogP contribution < -0.4 is 15.0 Å². The lowest BCUT2D eigenvalue weighted by Crippen LogP contribution is -2.54. The lowest BCUT2D eigenvalue weighted by molar-refractivity contribution is -0.122. The molecular formula is C27H22BrIN2O4. The van der Waals surface area contributed by atoms with E-state index in [9.17, 15) is 14.4 Å². The van der Waals surface area contributed by atoms with Gasteiger partial charge in [0.15, 0.2) is 0 Å². The van der Waals surface area contributed by atoms with Crippen molar-refractivity contribution in [2.75, 3.05) is 11.5 Å². The molecule has 0 unspecified atom stereocenters. The van der Waals surface area contributed by atoms with Crippen LogP contribution in [0.1, 0.15) is 29.2 Å². The summed E-state index contributed by atoms with van der Waals surface area (Å²) < 4.78 is 7.88. The normalized spacial score (nSPS) is 14.9. The summed E-state index contributed by atoms with van der Waals surface area (Å²) in [5, 5.41) is 2.27. The molecule has 3 aromatic carbocycles. The second kappa shape index (κ2) is 10.7. The average molecular weight is 645 g/mol. The summed E-state index contributed by atoms with van der Waals surface area (Å²) in [4.78, 5) is 39.3. The van der Waals surface area contributed by atoms with Crippen LogP contribution in [0.15, 0.2) is 70.7 Å². The molecule has 1 aliphatic rings. The van der Waals surface area contributed by atoms with Gasteiger partial charge in [-0.15, -0.1) is 0 Å². The molecule has 0 bridgehead atoms. The highest BCUT2D eigenvalue weighted by Crippen LogP contribution is 2.32. The Morgan fingerprint density at radius 3 is 2.54 bits per heavy atom. The Morgan fingerprint density at radius 2 is 1.83 bits per heavy atom. The van der Waals surface area contributed by atoms with Crippen LogP contribution in [0.3, 0.4) is 0 Å². The summed E-state index contributed by atoms with van der Waals surface area (Å²) >= 11 is 5.84. The molecule has 0 atom stereocenters. The zero-order valence-corrected chi connectivity index (χ0v) is 22.8. The fourth-order valence-corrected chi connectivity index (χ4v) is 5.07. The number of benzene rings is 3. The van der Waals surface area contributed by atoms with Crippen molar-refractivity contribution in [1.82, 2.24) is 5.32 Å². The maximum absolute atomic E-state index is 13.2. The fourth-order valence-electron chi connectivity index (χ4n) is 3.83. The van der Waals surface area contributed by atoms with Crippen molar-refractivity contribution in [3.05, 3.63) is 96.5 Å². The largest absolute Gasteiger partial charge is 0.494 e. The zero-order chi connectivity index (χ0) is 25.1. The molecule has 0 aromatic heterocycles. The number of ether oxygens (including phenoxy) is 1. The van der Waals surface area contributed by atoms with E-state index in [0.717, 1.165) is 29.6 Å². The van der Waals surface area contributed by atoms with Crippen LogP contribution in [0.2, 0.25) is 0 Å². The first-order valence-electron chi connectivity index (χ1n) is 10.9. The molecule has 0 spiro atoms. The van der Waals surface area contributed by atoms with Gasteiger partial charge in [-0.3, -0.25) is 14.9 Å². The molecular weight excluding hydrogens is 623 g/mol. The van der Waals surface area contributed by atoms with Crippen LogP contribution in [0.25, 0.3) is 6.08 Å². The molecule has 8 heteroatoms. The number of hydrogen-bond donors (Lipinski definition) is 1. The molecule has 178 valence electrons. The predicted octanol–water partition coefficient (Wildman–Crippen LogP) is 6.02. The number of imide groups is 2. The number of nitrogens with zero attached hydrogens (tertiary/aromatic N) is 1. The maximum Gasteiger partial charge on any atom is 0.335 e. The minimum atomic E-state index is -0.767. The quantitative estimate of drug-likeness (QED) is 0.202. The van der Waals surface area contributed by atoms with Gasteiger partial charge >= 0.3 is 6.03 Å². The Morgan fingerprint density at radius 1 is 1.06 bits per heavy atom. The number of hydrogen-bond acceptors (Lipinski definition) is 4. The van der Waals surface area contributed by atoms with Crippen molar-refractivity contribution < 1.29 is 19.1 Å². The van der Waals surface area contributed by atoms with E-state index in [4.69, 9.17) is 4.74 Å². The molecule has 1 aliphatic heterocycles. The topological polar surface area (TPSA) is 75.7 Å². The Balaban J connectivity index is 1.73. The van der Waals surface area contributed by atoms with Gasteiger partial charge in [0, 0.05) is 20.0 Å². The first kappa shape index (κ1) is 25.1. The van der Waals surface area contributed by atoms with E-state index in [1.165, 1.54) is 6.08 Å². The second-order valence-electron chi connectivity index (χ2n) is 7.98. The number of anilines is 1. The van der Waals surface area contributed by atoms with Crippen molar-refractivity contribution in [2.24, 2.45) is 0 Å². The van der Waals surface area contributed by atoms with Crippen molar-refractivity contribution >= 4 is 68.1 Å². The third kappa shape index (κ3) is 5.48. The summed E-state index contributed by atoms with van der Waals surface area (Å²) in [6, 6.07) is 17.9. The van der Waals surface area contributed by atoms with E-state index in [-0.39, 0.29) is 5.57 Å². The van der Waals surface area contributed by atoms with Gasteiger partial charge in [-0.1, -0.05) is 46.3 Å². The summed E-state index contributed by atoms with van der Waals surface area (Å²) in [6.07, 6.45) is 2.15. The molecule has 6 nitrogen and oxygen atoms in total. The number of nitrogens with one attached hydrogen (secondary N) is 1. The Kier molecular flexibility index (Phi) is 7.71. The van der Waals surface area contributed by atoms with Gasteiger partial charge in [-0.2, -0.15) is 0 Å². The van der Waals surface area contributed by atoms with Gasteiger partial charge in [0.25, 0.3) is 11.8 Å². The Bertz CT molecular complexity index is 1370. The minimum absolute atomic E-state index is 0.122. The van der Waals surface area contributed by atoms with Crippen LogP contribution in [0.5, 0.6) is 5.75 Å². The van der Waals surface area contributed by atoms with E-state index in [1.54, 1.807) is 18.2 Å². The van der Waals surface area contributed by atoms with Crippen molar-refractivity contribution in [3.63, 3.8) is 0 Å². The molecule has 1 saturated heterocycles. The van der Waals surface area contributed by atoms with Gasteiger partial charge in [-0.05, 0) is 89.5 Å². The summed E-state index contributed by atoms with van der Waals surface area (Å²) in [5.41, 5.74) is 3.93. The molecule has 35 heavy (non-hydrogen) atoms. The SMILES string of the molecule is CCOc1cc(/C=C2\C(=O)NC(=O)N(c3cccc(C)c3)C2=O)cc(I)c1Cc1ccccc1Br. The van der Waals surface area contributed by atoms with Crippen LogP contribution in [0.4, 0.5) is 10.5 Å². The van der Waals surface area contributed by atoms with Gasteiger partial charge in [0.05, 0.1) is 12.3 Å². The van der Waals surface area contributed by atoms with E-state index in [1.807, 2.05) is 56.3 Å². The molecule has 1 N–H and O–H groups in total. The lowest BCUT2D eigenvalue weighted by atomic mass is 10.0. The molecule has 1 heterocycles. The Labute approximate surface area is 225 Å². The van der Waals surface area contributed by atoms with Crippen molar-refractivity contribution in [3.8, 4) is 5.75 Å². The molecule has 3 aromatic rings. The third-order valence-electron chi connectivity index (χ3n) is 5.47. The number of amides is 4. The fraction of sp³-hybridized carbons (Fsp3) is 0.148. The number of halogens is 2.